The lowest BCUT2D eigenvalue weighted by atomic mass is 9.87. The number of hydrogen-bond donors (Lipinski definition) is 1. The maximum absolute atomic E-state index is 12.7. The molecule has 0 radical (unpaired) electrons. The molecule has 20 heavy (non-hydrogen) atoms. The summed E-state index contributed by atoms with van der Waals surface area (Å²) in [5.41, 5.74) is 0. The number of aliphatic hydroxyl groups is 1. The Morgan fingerprint density at radius 3 is 2.75 bits per heavy atom. The van der Waals surface area contributed by atoms with E-state index in [1.807, 2.05) is 0 Å². The molecule has 2 atom stereocenters. The first kappa shape index (κ1) is 16.4. The molecular weight excluding hydrogens is 362 g/mol. The third-order valence-electron chi connectivity index (χ3n) is 3.94. The van der Waals surface area contributed by atoms with Gasteiger partial charge in [-0.15, -0.1) is 11.3 Å². The molecule has 1 saturated carbocycles. The van der Waals surface area contributed by atoms with Crippen LogP contribution in [-0.4, -0.2) is 30.9 Å². The quantitative estimate of drug-likeness (QED) is 0.870. The van der Waals surface area contributed by atoms with E-state index in [0.29, 0.717) is 14.6 Å². The van der Waals surface area contributed by atoms with E-state index in [2.05, 4.69) is 22.9 Å². The smallest absolute Gasteiger partial charge is 0.245 e. The number of hydrogen-bond acceptors (Lipinski definition) is 4. The lowest BCUT2D eigenvalue weighted by molar-refractivity contribution is 0.239. The SMILES string of the molecule is CC1CCCC(N(C)S(=O)(=O)c2cc(CO)sc2Br)C1. The van der Waals surface area contributed by atoms with Crippen LogP contribution >= 0.6 is 27.3 Å². The van der Waals surface area contributed by atoms with Gasteiger partial charge < -0.3 is 5.11 Å². The van der Waals surface area contributed by atoms with Crippen molar-refractivity contribution in [2.75, 3.05) is 7.05 Å². The van der Waals surface area contributed by atoms with Crippen LogP contribution in [0.5, 0.6) is 0 Å². The summed E-state index contributed by atoms with van der Waals surface area (Å²) < 4.78 is 27.5. The summed E-state index contributed by atoms with van der Waals surface area (Å²) in [5, 5.41) is 9.14. The van der Waals surface area contributed by atoms with E-state index in [1.54, 1.807) is 13.1 Å². The van der Waals surface area contributed by atoms with Crippen molar-refractivity contribution < 1.29 is 13.5 Å². The summed E-state index contributed by atoms with van der Waals surface area (Å²) in [7, 11) is -1.83. The Hall–Kier alpha value is 0.0500. The number of thiophene rings is 1. The van der Waals surface area contributed by atoms with Crippen LogP contribution in [-0.2, 0) is 16.6 Å². The van der Waals surface area contributed by atoms with Gasteiger partial charge in [-0.05, 0) is 40.8 Å². The molecule has 0 aliphatic heterocycles. The predicted molar refractivity (Wildman–Crippen MR) is 84.3 cm³/mol. The fraction of sp³-hybridized carbons (Fsp3) is 0.692. The van der Waals surface area contributed by atoms with Crippen LogP contribution in [0.3, 0.4) is 0 Å². The molecule has 1 heterocycles. The Morgan fingerprint density at radius 2 is 2.20 bits per heavy atom. The molecule has 0 saturated heterocycles. The number of rotatable bonds is 4. The van der Waals surface area contributed by atoms with Gasteiger partial charge in [-0.3, -0.25) is 0 Å². The minimum absolute atomic E-state index is 0.0770. The Balaban J connectivity index is 2.26. The maximum atomic E-state index is 12.7. The van der Waals surface area contributed by atoms with Gasteiger partial charge in [-0.25, -0.2) is 8.42 Å². The van der Waals surface area contributed by atoms with Gasteiger partial charge in [-0.1, -0.05) is 19.8 Å². The summed E-state index contributed by atoms with van der Waals surface area (Å²) in [6.07, 6.45) is 4.11. The lowest BCUT2D eigenvalue weighted by Gasteiger charge is -2.33. The molecule has 7 heteroatoms. The number of halogens is 1. The summed E-state index contributed by atoms with van der Waals surface area (Å²) in [4.78, 5) is 0.924. The van der Waals surface area contributed by atoms with Crippen molar-refractivity contribution in [3.63, 3.8) is 0 Å². The molecule has 2 rings (SSSR count). The van der Waals surface area contributed by atoms with E-state index in [1.165, 1.54) is 22.1 Å². The molecular formula is C13H20BrNO3S2. The first-order valence-corrected chi connectivity index (χ1v) is 9.78. The molecule has 0 amide bonds. The maximum Gasteiger partial charge on any atom is 0.245 e. The van der Waals surface area contributed by atoms with E-state index in [-0.39, 0.29) is 17.5 Å². The number of aliphatic hydroxyl groups excluding tert-OH is 1. The zero-order valence-electron chi connectivity index (χ0n) is 11.7. The fourth-order valence-corrected chi connectivity index (χ4v) is 6.62. The normalized spacial score (nSPS) is 24.2. The largest absolute Gasteiger partial charge is 0.391 e. The van der Waals surface area contributed by atoms with Crippen molar-refractivity contribution in [2.24, 2.45) is 5.92 Å². The van der Waals surface area contributed by atoms with Crippen molar-refractivity contribution in [2.45, 2.75) is 50.2 Å². The summed E-state index contributed by atoms with van der Waals surface area (Å²) in [5.74, 6) is 0.574. The first-order chi connectivity index (χ1) is 9.36. The van der Waals surface area contributed by atoms with Crippen LogP contribution in [0.2, 0.25) is 0 Å². The zero-order chi connectivity index (χ0) is 14.9. The third kappa shape index (κ3) is 3.27. The van der Waals surface area contributed by atoms with Crippen LogP contribution < -0.4 is 0 Å². The summed E-state index contributed by atoms with van der Waals surface area (Å²) in [6, 6.07) is 1.64. The highest BCUT2D eigenvalue weighted by molar-refractivity contribution is 9.11. The molecule has 0 aromatic carbocycles. The first-order valence-electron chi connectivity index (χ1n) is 6.73. The van der Waals surface area contributed by atoms with Gasteiger partial charge in [0.05, 0.1) is 10.4 Å². The van der Waals surface area contributed by atoms with Crippen molar-refractivity contribution in [1.82, 2.24) is 4.31 Å². The number of sulfonamides is 1. The molecule has 1 N–H and O–H groups in total. The van der Waals surface area contributed by atoms with E-state index in [9.17, 15) is 8.42 Å². The molecule has 1 fully saturated rings. The molecule has 0 spiro atoms. The molecule has 1 aliphatic rings. The van der Waals surface area contributed by atoms with Crippen LogP contribution in [0.1, 0.15) is 37.5 Å². The van der Waals surface area contributed by atoms with Crippen molar-refractivity contribution in [3.05, 3.63) is 14.7 Å². The Morgan fingerprint density at radius 1 is 1.50 bits per heavy atom. The fourth-order valence-electron chi connectivity index (χ4n) is 2.74. The second kappa shape index (κ2) is 6.44. The van der Waals surface area contributed by atoms with E-state index >= 15 is 0 Å². The Bertz CT molecular complexity index is 570. The Kier molecular flexibility index (Phi) is 5.29. The highest BCUT2D eigenvalue weighted by Gasteiger charge is 2.33. The van der Waals surface area contributed by atoms with Gasteiger partial charge in [0.15, 0.2) is 0 Å². The van der Waals surface area contributed by atoms with Gasteiger partial charge in [0.1, 0.15) is 4.90 Å². The Labute approximate surface area is 133 Å². The third-order valence-corrected chi connectivity index (χ3v) is 8.09. The van der Waals surface area contributed by atoms with Crippen molar-refractivity contribution in [3.8, 4) is 0 Å². The average Bonchev–Trinajstić information content (AvgIpc) is 2.80. The van der Waals surface area contributed by atoms with Crippen molar-refractivity contribution >= 4 is 37.3 Å². The molecule has 4 nitrogen and oxygen atoms in total. The minimum Gasteiger partial charge on any atom is -0.391 e. The van der Waals surface area contributed by atoms with Crippen LogP contribution in [0.25, 0.3) is 0 Å². The van der Waals surface area contributed by atoms with Gasteiger partial charge in [-0.2, -0.15) is 4.31 Å². The van der Waals surface area contributed by atoms with E-state index in [0.717, 1.165) is 19.3 Å². The van der Waals surface area contributed by atoms with Crippen LogP contribution in [0.15, 0.2) is 14.7 Å². The monoisotopic (exact) mass is 381 g/mol. The van der Waals surface area contributed by atoms with Crippen LogP contribution in [0.4, 0.5) is 0 Å². The standard InChI is InChI=1S/C13H20BrNO3S2/c1-9-4-3-5-10(6-9)15(2)20(17,18)12-7-11(8-16)19-13(12)14/h7,9-10,16H,3-6,8H2,1-2H3. The number of nitrogens with zero attached hydrogens (tertiary/aromatic N) is 1. The minimum atomic E-state index is -3.50. The zero-order valence-corrected chi connectivity index (χ0v) is 14.9. The molecule has 0 bridgehead atoms. The van der Waals surface area contributed by atoms with Crippen molar-refractivity contribution in [1.29, 1.82) is 0 Å². The lowest BCUT2D eigenvalue weighted by Crippen LogP contribution is -2.39. The highest BCUT2D eigenvalue weighted by Crippen LogP contribution is 2.36. The van der Waals surface area contributed by atoms with Gasteiger partial charge in [0.2, 0.25) is 10.0 Å². The van der Waals surface area contributed by atoms with Gasteiger partial charge in [0, 0.05) is 18.0 Å². The summed E-state index contributed by atoms with van der Waals surface area (Å²) in [6.45, 7) is 2.04. The van der Waals surface area contributed by atoms with Gasteiger partial charge in [0.25, 0.3) is 0 Å². The van der Waals surface area contributed by atoms with E-state index in [4.69, 9.17) is 5.11 Å². The van der Waals surface area contributed by atoms with Gasteiger partial charge >= 0.3 is 0 Å². The molecule has 114 valence electrons. The highest BCUT2D eigenvalue weighted by atomic mass is 79.9. The average molecular weight is 382 g/mol. The van der Waals surface area contributed by atoms with Crippen LogP contribution in [0, 0.1) is 5.92 Å². The predicted octanol–water partition coefficient (Wildman–Crippen LogP) is 3.20. The molecule has 1 aliphatic carbocycles. The molecule has 2 unspecified atom stereocenters. The second-order valence-electron chi connectivity index (χ2n) is 5.46. The van der Waals surface area contributed by atoms with E-state index < -0.39 is 10.0 Å². The summed E-state index contributed by atoms with van der Waals surface area (Å²) >= 11 is 4.57. The topological polar surface area (TPSA) is 57.6 Å². The molecule has 1 aromatic heterocycles. The molecule has 1 aromatic rings. The second-order valence-corrected chi connectivity index (χ2v) is 9.88.